The molecule has 3 nitrogen and oxygen atoms in total. The van der Waals surface area contributed by atoms with E-state index in [1.54, 1.807) is 6.07 Å². The van der Waals surface area contributed by atoms with E-state index in [1.165, 1.54) is 0 Å². The van der Waals surface area contributed by atoms with Crippen LogP contribution in [0.4, 0.5) is 5.82 Å². The average molecular weight is 222 g/mol. The SMILES string of the molecule is [Cl-].[NH3+]CCCNc1cccc(Cl)n1. The highest BCUT2D eigenvalue weighted by atomic mass is 35.5. The summed E-state index contributed by atoms with van der Waals surface area (Å²) in [6, 6.07) is 5.53. The summed E-state index contributed by atoms with van der Waals surface area (Å²) in [4.78, 5) is 4.08. The van der Waals surface area contributed by atoms with E-state index in [0.717, 1.165) is 25.3 Å². The molecule has 0 spiro atoms. The predicted octanol–water partition coefficient (Wildman–Crippen LogP) is -2.22. The predicted molar refractivity (Wildman–Crippen MR) is 50.1 cm³/mol. The molecule has 0 unspecified atom stereocenters. The average Bonchev–Trinajstić information content (AvgIpc) is 2.05. The first-order valence-electron chi connectivity index (χ1n) is 3.98. The Bertz CT molecular complexity index is 243. The number of hydrogen-bond acceptors (Lipinski definition) is 2. The van der Waals surface area contributed by atoms with E-state index in [4.69, 9.17) is 11.6 Å². The number of anilines is 1. The lowest BCUT2D eigenvalue weighted by Gasteiger charge is -2.02. The van der Waals surface area contributed by atoms with Crippen LogP contribution in [0.1, 0.15) is 6.42 Å². The molecule has 0 fully saturated rings. The molecule has 0 amide bonds. The lowest BCUT2D eigenvalue weighted by molar-refractivity contribution is -0.367. The molecule has 0 aliphatic heterocycles. The fraction of sp³-hybridized carbons (Fsp3) is 0.375. The smallest absolute Gasteiger partial charge is 0.131 e. The van der Waals surface area contributed by atoms with Crippen molar-refractivity contribution in [3.8, 4) is 0 Å². The first-order chi connectivity index (χ1) is 5.83. The zero-order valence-electron chi connectivity index (χ0n) is 7.26. The van der Waals surface area contributed by atoms with Gasteiger partial charge in [0.2, 0.25) is 0 Å². The zero-order chi connectivity index (χ0) is 8.81. The number of hydrogen-bond donors (Lipinski definition) is 2. The van der Waals surface area contributed by atoms with Crippen molar-refractivity contribution in [1.82, 2.24) is 4.98 Å². The summed E-state index contributed by atoms with van der Waals surface area (Å²) in [6.07, 6.45) is 1.05. The van der Waals surface area contributed by atoms with Crippen molar-refractivity contribution in [1.29, 1.82) is 0 Å². The maximum absolute atomic E-state index is 5.69. The van der Waals surface area contributed by atoms with Gasteiger partial charge in [0.05, 0.1) is 6.54 Å². The quantitative estimate of drug-likeness (QED) is 0.448. The molecule has 1 aromatic heterocycles. The normalized spacial score (nSPS) is 9.08. The second-order valence-corrected chi connectivity index (χ2v) is 2.87. The molecule has 0 aliphatic rings. The molecule has 0 radical (unpaired) electrons. The number of quaternary nitrogens is 1. The molecule has 13 heavy (non-hydrogen) atoms. The Morgan fingerprint density at radius 2 is 2.23 bits per heavy atom. The summed E-state index contributed by atoms with van der Waals surface area (Å²) in [5, 5.41) is 3.67. The number of halogens is 2. The highest BCUT2D eigenvalue weighted by molar-refractivity contribution is 6.29. The third-order valence-corrected chi connectivity index (χ3v) is 1.66. The van der Waals surface area contributed by atoms with Crippen LogP contribution >= 0.6 is 11.6 Å². The summed E-state index contributed by atoms with van der Waals surface area (Å²) in [5.41, 5.74) is 3.75. The van der Waals surface area contributed by atoms with Crippen LogP contribution in [0.3, 0.4) is 0 Å². The fourth-order valence-electron chi connectivity index (χ4n) is 0.848. The van der Waals surface area contributed by atoms with Gasteiger partial charge in [-0.15, -0.1) is 0 Å². The number of nitrogens with zero attached hydrogens (tertiary/aromatic N) is 1. The van der Waals surface area contributed by atoms with E-state index in [0.29, 0.717) is 5.15 Å². The van der Waals surface area contributed by atoms with Crippen molar-refractivity contribution in [2.75, 3.05) is 18.4 Å². The lowest BCUT2D eigenvalue weighted by Crippen LogP contribution is -3.00. The van der Waals surface area contributed by atoms with Crippen LogP contribution in [-0.4, -0.2) is 18.1 Å². The molecule has 0 aromatic carbocycles. The Hall–Kier alpha value is -0.510. The zero-order valence-corrected chi connectivity index (χ0v) is 8.78. The van der Waals surface area contributed by atoms with Gasteiger partial charge in [0, 0.05) is 13.0 Å². The van der Waals surface area contributed by atoms with Crippen LogP contribution < -0.4 is 23.5 Å². The van der Waals surface area contributed by atoms with Gasteiger partial charge in [-0.2, -0.15) is 0 Å². The van der Waals surface area contributed by atoms with Crippen molar-refractivity contribution in [3.63, 3.8) is 0 Å². The standard InChI is InChI=1S/C8H12ClN3.ClH/c9-7-3-1-4-8(12-7)11-6-2-5-10;/h1,3-4H,2,5-6,10H2,(H,11,12);1H. The Morgan fingerprint density at radius 3 is 2.85 bits per heavy atom. The van der Waals surface area contributed by atoms with Crippen molar-refractivity contribution < 1.29 is 18.1 Å². The van der Waals surface area contributed by atoms with E-state index >= 15 is 0 Å². The molecule has 0 aliphatic carbocycles. The Balaban J connectivity index is 0.00000144. The van der Waals surface area contributed by atoms with Crippen LogP contribution in [0, 0.1) is 0 Å². The van der Waals surface area contributed by atoms with E-state index in [9.17, 15) is 0 Å². The lowest BCUT2D eigenvalue weighted by atomic mass is 10.4. The van der Waals surface area contributed by atoms with Gasteiger partial charge in [0.25, 0.3) is 0 Å². The van der Waals surface area contributed by atoms with Gasteiger partial charge >= 0.3 is 0 Å². The Kier molecular flexibility index (Phi) is 6.68. The van der Waals surface area contributed by atoms with Crippen LogP contribution in [0.25, 0.3) is 0 Å². The molecule has 0 saturated heterocycles. The molecule has 0 saturated carbocycles. The van der Waals surface area contributed by atoms with Crippen LogP contribution in [0.2, 0.25) is 5.15 Å². The summed E-state index contributed by atoms with van der Waals surface area (Å²) < 4.78 is 0. The molecule has 74 valence electrons. The molecule has 0 bridgehead atoms. The second kappa shape index (κ2) is 6.95. The highest BCUT2D eigenvalue weighted by Crippen LogP contribution is 2.08. The monoisotopic (exact) mass is 221 g/mol. The summed E-state index contributed by atoms with van der Waals surface area (Å²) >= 11 is 5.69. The van der Waals surface area contributed by atoms with E-state index in [-0.39, 0.29) is 12.4 Å². The fourth-order valence-corrected chi connectivity index (χ4v) is 1.01. The van der Waals surface area contributed by atoms with Gasteiger partial charge in [0.15, 0.2) is 0 Å². The maximum Gasteiger partial charge on any atom is 0.131 e. The van der Waals surface area contributed by atoms with Crippen LogP contribution in [-0.2, 0) is 0 Å². The maximum atomic E-state index is 5.69. The van der Waals surface area contributed by atoms with Gasteiger partial charge in [-0.1, -0.05) is 17.7 Å². The van der Waals surface area contributed by atoms with Crippen LogP contribution in [0.5, 0.6) is 0 Å². The van der Waals surface area contributed by atoms with E-state index in [2.05, 4.69) is 16.0 Å². The van der Waals surface area contributed by atoms with Crippen molar-refractivity contribution in [2.45, 2.75) is 6.42 Å². The minimum absolute atomic E-state index is 0. The van der Waals surface area contributed by atoms with Crippen molar-refractivity contribution in [3.05, 3.63) is 23.4 Å². The van der Waals surface area contributed by atoms with Gasteiger partial charge in [0.1, 0.15) is 11.0 Å². The minimum Gasteiger partial charge on any atom is -1.00 e. The van der Waals surface area contributed by atoms with Gasteiger partial charge in [-0.3, -0.25) is 0 Å². The Morgan fingerprint density at radius 1 is 1.46 bits per heavy atom. The molecular weight excluding hydrogens is 209 g/mol. The molecule has 4 N–H and O–H groups in total. The molecule has 1 heterocycles. The first-order valence-corrected chi connectivity index (χ1v) is 4.36. The summed E-state index contributed by atoms with van der Waals surface area (Å²) in [5.74, 6) is 0.830. The molecule has 0 atom stereocenters. The van der Waals surface area contributed by atoms with E-state index in [1.807, 2.05) is 12.1 Å². The number of aromatic nitrogens is 1. The summed E-state index contributed by atoms with van der Waals surface area (Å²) in [7, 11) is 0. The summed E-state index contributed by atoms with van der Waals surface area (Å²) in [6.45, 7) is 1.84. The second-order valence-electron chi connectivity index (χ2n) is 2.48. The highest BCUT2D eigenvalue weighted by Gasteiger charge is 1.93. The molecule has 5 heteroatoms. The number of rotatable bonds is 4. The number of nitrogens with one attached hydrogen (secondary N) is 1. The van der Waals surface area contributed by atoms with Crippen LogP contribution in [0.15, 0.2) is 18.2 Å². The largest absolute Gasteiger partial charge is 1.00 e. The van der Waals surface area contributed by atoms with Crippen molar-refractivity contribution >= 4 is 17.4 Å². The van der Waals surface area contributed by atoms with Gasteiger partial charge < -0.3 is 23.5 Å². The third-order valence-electron chi connectivity index (χ3n) is 1.45. The third kappa shape index (κ3) is 4.93. The van der Waals surface area contributed by atoms with Gasteiger partial charge in [-0.05, 0) is 12.1 Å². The molecule has 1 aromatic rings. The first kappa shape index (κ1) is 12.5. The van der Waals surface area contributed by atoms with Crippen molar-refractivity contribution in [2.24, 2.45) is 0 Å². The van der Waals surface area contributed by atoms with Gasteiger partial charge in [-0.25, -0.2) is 4.98 Å². The van der Waals surface area contributed by atoms with E-state index < -0.39 is 0 Å². The Labute approximate surface area is 89.1 Å². The molecule has 1 rings (SSSR count). The topological polar surface area (TPSA) is 52.6 Å². The molecular formula is C8H13Cl2N3. The number of pyridine rings is 1. The minimum atomic E-state index is 0.